The summed E-state index contributed by atoms with van der Waals surface area (Å²) in [5.41, 5.74) is 0.438. The van der Waals surface area contributed by atoms with Crippen molar-refractivity contribution in [2.75, 3.05) is 27.9 Å². The lowest BCUT2D eigenvalue weighted by Crippen LogP contribution is -2.86. The molecule has 0 aromatic carbocycles. The van der Waals surface area contributed by atoms with Crippen LogP contribution >= 0.6 is 0 Å². The molecule has 0 aliphatic carbocycles. The molecule has 0 aliphatic rings. The van der Waals surface area contributed by atoms with E-state index in [4.69, 9.17) is 18.0 Å². The van der Waals surface area contributed by atoms with E-state index in [0.29, 0.717) is 12.2 Å². The molecule has 25 heavy (non-hydrogen) atoms. The van der Waals surface area contributed by atoms with Gasteiger partial charge in [0.05, 0.1) is 6.61 Å². The van der Waals surface area contributed by atoms with Crippen LogP contribution in [0.25, 0.3) is 0 Å². The molecule has 9 heteroatoms. The Hall–Kier alpha value is -0.0425. The maximum Gasteiger partial charge on any atom is 0.333 e. The number of hydrogen-bond acceptors (Lipinski definition) is 5. The van der Waals surface area contributed by atoms with E-state index in [9.17, 15) is 4.79 Å². The predicted octanol–water partition coefficient (Wildman–Crippen LogP) is 3.73. The maximum atomic E-state index is 11.7. The monoisotopic (exact) mass is 422 g/mol. The first-order chi connectivity index (χ1) is 11.3. The lowest BCUT2D eigenvalue weighted by molar-refractivity contribution is -0.138. The SMILES string of the molecule is C=C(C)C(=O)OCCC[Si]([Si](C)(C)OC)([Si](C)(C)OC)[Si](C)(C)OC. The Morgan fingerprint density at radius 3 is 1.48 bits per heavy atom. The largest absolute Gasteiger partial charge is 0.462 e. The van der Waals surface area contributed by atoms with Gasteiger partial charge in [-0.2, -0.15) is 0 Å². The third-order valence-corrected chi connectivity index (χ3v) is 71.3. The number of carbonyl (C=O) groups excluding carboxylic acids is 1. The summed E-state index contributed by atoms with van der Waals surface area (Å²) in [5, 5.41) is 0. The van der Waals surface area contributed by atoms with Crippen molar-refractivity contribution in [1.29, 1.82) is 0 Å². The Kier molecular flexibility index (Phi) is 9.23. The average Bonchev–Trinajstić information content (AvgIpc) is 2.53. The third kappa shape index (κ3) is 5.02. The highest BCUT2D eigenvalue weighted by Gasteiger charge is 2.70. The van der Waals surface area contributed by atoms with Crippen LogP contribution in [0, 0.1) is 0 Å². The molecule has 0 saturated carbocycles. The van der Waals surface area contributed by atoms with Crippen molar-refractivity contribution in [1.82, 2.24) is 0 Å². The number of esters is 1. The zero-order chi connectivity index (χ0) is 20.1. The third-order valence-electron chi connectivity index (χ3n) is 5.89. The van der Waals surface area contributed by atoms with Crippen molar-refractivity contribution in [3.05, 3.63) is 12.2 Å². The zero-order valence-electron chi connectivity index (χ0n) is 17.9. The summed E-state index contributed by atoms with van der Waals surface area (Å²) in [5.74, 6) is -0.318. The standard InChI is InChI=1S/C16H38O5Si4/c1-15(2)16(17)21-13-12-14-25(22(6,7)18-3,23(8,9)19-4)24(10,11)20-5/h1,12-14H2,2-11H3. The molecule has 0 fully saturated rings. The van der Waals surface area contributed by atoms with Crippen molar-refractivity contribution in [2.24, 2.45) is 0 Å². The first-order valence-electron chi connectivity index (χ1n) is 8.74. The van der Waals surface area contributed by atoms with Gasteiger partial charge in [-0.3, -0.25) is 0 Å². The molecule has 148 valence electrons. The van der Waals surface area contributed by atoms with Crippen molar-refractivity contribution in [3.8, 4) is 0 Å². The Labute approximate surface area is 157 Å². The normalized spacial score (nSPS) is 13.7. The van der Waals surface area contributed by atoms with Crippen molar-refractivity contribution < 1.29 is 22.8 Å². The van der Waals surface area contributed by atoms with Crippen LogP contribution in [0.1, 0.15) is 13.3 Å². The number of rotatable bonds is 11. The van der Waals surface area contributed by atoms with Crippen LogP contribution in [0.15, 0.2) is 12.2 Å². The van der Waals surface area contributed by atoms with E-state index in [-0.39, 0.29) is 5.97 Å². The highest BCUT2D eigenvalue weighted by Crippen LogP contribution is 2.41. The second-order valence-corrected chi connectivity index (χ2v) is 43.7. The van der Waals surface area contributed by atoms with Gasteiger partial charge >= 0.3 is 5.97 Å². The minimum absolute atomic E-state index is 0.318. The van der Waals surface area contributed by atoms with Gasteiger partial charge in [-0.1, -0.05) is 12.6 Å². The fourth-order valence-electron chi connectivity index (χ4n) is 4.23. The van der Waals surface area contributed by atoms with E-state index in [1.54, 1.807) is 6.92 Å². The fraction of sp³-hybridized carbons (Fsp3) is 0.812. The van der Waals surface area contributed by atoms with Crippen LogP contribution in [-0.2, 0) is 22.8 Å². The van der Waals surface area contributed by atoms with E-state index in [1.165, 1.54) is 0 Å². The second kappa shape index (κ2) is 9.24. The zero-order valence-corrected chi connectivity index (χ0v) is 21.9. The first kappa shape index (κ1) is 25.0. The molecule has 0 aromatic heterocycles. The van der Waals surface area contributed by atoms with Gasteiger partial charge in [0.1, 0.15) is 6.63 Å². The molecule has 0 bridgehead atoms. The molecule has 0 atom stereocenters. The molecule has 0 aliphatic heterocycles. The van der Waals surface area contributed by atoms with Gasteiger partial charge in [-0.15, -0.1) is 0 Å². The molecule has 0 saturated heterocycles. The minimum Gasteiger partial charge on any atom is -0.462 e. The smallest absolute Gasteiger partial charge is 0.333 e. The highest BCUT2D eigenvalue weighted by atomic mass is 29.9. The molecule has 0 spiro atoms. The highest BCUT2D eigenvalue weighted by molar-refractivity contribution is 7.87. The fourth-order valence-corrected chi connectivity index (χ4v) is 80.0. The molecule has 0 N–H and O–H groups in total. The van der Waals surface area contributed by atoms with E-state index in [1.807, 2.05) is 21.3 Å². The molecule has 0 unspecified atom stereocenters. The number of carbonyl (C=O) groups is 1. The van der Waals surface area contributed by atoms with Gasteiger partial charge < -0.3 is 18.0 Å². The molecule has 0 amide bonds. The van der Waals surface area contributed by atoms with E-state index >= 15 is 0 Å². The molecule has 0 radical (unpaired) electrons. The summed E-state index contributed by atoms with van der Waals surface area (Å²) >= 11 is 0. The maximum absolute atomic E-state index is 11.7. The van der Waals surface area contributed by atoms with Crippen LogP contribution in [0.4, 0.5) is 0 Å². The van der Waals surface area contributed by atoms with E-state index in [2.05, 4.69) is 45.9 Å². The van der Waals surface area contributed by atoms with Crippen LogP contribution in [-0.4, -0.2) is 64.0 Å². The molecular weight excluding hydrogens is 385 g/mol. The Balaban J connectivity index is 5.81. The predicted molar refractivity (Wildman–Crippen MR) is 114 cm³/mol. The van der Waals surface area contributed by atoms with Crippen molar-refractivity contribution in [2.45, 2.75) is 58.7 Å². The molecule has 0 heterocycles. The van der Waals surface area contributed by atoms with Gasteiger partial charge in [-0.25, -0.2) is 4.79 Å². The first-order valence-corrected chi connectivity index (χ1v) is 22.7. The van der Waals surface area contributed by atoms with Gasteiger partial charge in [0.2, 0.25) is 0 Å². The lowest BCUT2D eigenvalue weighted by atomic mass is 10.4. The van der Waals surface area contributed by atoms with E-state index < -0.39 is 30.1 Å². The summed E-state index contributed by atoms with van der Waals surface area (Å²) < 4.78 is 23.9. The Bertz CT molecular complexity index is 436. The number of ether oxygens (including phenoxy) is 1. The lowest BCUT2D eigenvalue weighted by Gasteiger charge is -2.56. The summed E-state index contributed by atoms with van der Waals surface area (Å²) in [6.45, 7) is 17.6. The topological polar surface area (TPSA) is 54.0 Å². The van der Waals surface area contributed by atoms with Gasteiger partial charge in [0, 0.05) is 26.9 Å². The van der Waals surface area contributed by atoms with Gasteiger partial charge in [-0.05, 0) is 52.6 Å². The minimum atomic E-state index is -2.04. The summed E-state index contributed by atoms with van der Waals surface area (Å²) in [4.78, 5) is 11.7. The quantitative estimate of drug-likeness (QED) is 0.220. The Morgan fingerprint density at radius 1 is 0.840 bits per heavy atom. The average molecular weight is 423 g/mol. The van der Waals surface area contributed by atoms with Crippen LogP contribution in [0.3, 0.4) is 0 Å². The van der Waals surface area contributed by atoms with Crippen molar-refractivity contribution in [3.63, 3.8) is 0 Å². The van der Waals surface area contributed by atoms with Crippen molar-refractivity contribution >= 4 is 36.1 Å². The van der Waals surface area contributed by atoms with Crippen LogP contribution < -0.4 is 0 Å². The van der Waals surface area contributed by atoms with Crippen LogP contribution in [0.2, 0.25) is 45.3 Å². The summed E-state index contributed by atoms with van der Waals surface area (Å²) in [6.07, 6.45) is 0.824. The second-order valence-electron chi connectivity index (χ2n) is 8.07. The van der Waals surface area contributed by atoms with Crippen LogP contribution in [0.5, 0.6) is 0 Å². The van der Waals surface area contributed by atoms with E-state index in [0.717, 1.165) is 12.5 Å². The van der Waals surface area contributed by atoms with Gasteiger partial charge in [0.25, 0.3) is 0 Å². The summed E-state index contributed by atoms with van der Waals surface area (Å²) in [7, 11) is -0.516. The molecule has 0 rings (SSSR count). The Morgan fingerprint density at radius 2 is 1.20 bits per heavy atom. The number of hydrogen-bond donors (Lipinski definition) is 0. The molecule has 0 aromatic rings. The summed E-state index contributed by atoms with van der Waals surface area (Å²) in [6, 6.07) is 1.02. The van der Waals surface area contributed by atoms with Gasteiger partial charge in [0.15, 0.2) is 23.5 Å². The molecule has 5 nitrogen and oxygen atoms in total. The molecular formula is C16H38O5Si4.